The summed E-state index contributed by atoms with van der Waals surface area (Å²) in [4.78, 5) is 0. The Hall–Kier alpha value is -0.760. The molecule has 0 aliphatic carbocycles. The lowest BCUT2D eigenvalue weighted by Gasteiger charge is -2.36. The smallest absolute Gasteiger partial charge is 0.109 e. The highest BCUT2D eigenvalue weighted by atomic mass is 16.3. The highest BCUT2D eigenvalue weighted by Crippen LogP contribution is 2.39. The standard InChI is InChI=1S/C12H19NO/c1-4-12(2,3)11-9-6-8-14-10(9)5-7-13-11/h6,8,11,13H,4-5,7H2,1-3H3. The van der Waals surface area contributed by atoms with E-state index in [-0.39, 0.29) is 0 Å². The van der Waals surface area contributed by atoms with Gasteiger partial charge in [-0.15, -0.1) is 0 Å². The topological polar surface area (TPSA) is 25.2 Å². The molecule has 1 aliphatic heterocycles. The maximum Gasteiger partial charge on any atom is 0.109 e. The molecule has 1 aliphatic rings. The predicted molar refractivity (Wildman–Crippen MR) is 57.2 cm³/mol. The fourth-order valence-electron chi connectivity index (χ4n) is 2.15. The minimum atomic E-state index is 0.305. The maximum absolute atomic E-state index is 5.49. The SMILES string of the molecule is CCC(C)(C)C1NCCc2occc21. The quantitative estimate of drug-likeness (QED) is 0.781. The van der Waals surface area contributed by atoms with E-state index in [0.29, 0.717) is 11.5 Å². The molecule has 2 heteroatoms. The van der Waals surface area contributed by atoms with E-state index < -0.39 is 0 Å². The molecule has 0 aromatic carbocycles. The van der Waals surface area contributed by atoms with Crippen LogP contribution in [0.15, 0.2) is 16.7 Å². The molecule has 1 unspecified atom stereocenters. The molecule has 2 heterocycles. The molecule has 14 heavy (non-hydrogen) atoms. The molecule has 0 spiro atoms. The lowest BCUT2D eigenvalue weighted by Crippen LogP contribution is -2.38. The summed E-state index contributed by atoms with van der Waals surface area (Å²) >= 11 is 0. The average molecular weight is 193 g/mol. The third-order valence-electron chi connectivity index (χ3n) is 3.48. The normalized spacial score (nSPS) is 22.1. The van der Waals surface area contributed by atoms with Crippen molar-refractivity contribution in [1.29, 1.82) is 0 Å². The van der Waals surface area contributed by atoms with Crippen LogP contribution >= 0.6 is 0 Å². The van der Waals surface area contributed by atoms with E-state index in [1.807, 2.05) is 6.26 Å². The Kier molecular flexibility index (Phi) is 2.40. The second-order valence-corrected chi connectivity index (χ2v) is 4.78. The molecule has 1 atom stereocenters. The molecule has 0 fully saturated rings. The molecule has 0 bridgehead atoms. The van der Waals surface area contributed by atoms with Crippen LogP contribution in [0, 0.1) is 5.41 Å². The van der Waals surface area contributed by atoms with Gasteiger partial charge in [0.15, 0.2) is 0 Å². The zero-order valence-electron chi connectivity index (χ0n) is 9.26. The molecule has 1 aromatic heterocycles. The Balaban J connectivity index is 2.32. The molecule has 78 valence electrons. The minimum Gasteiger partial charge on any atom is -0.469 e. The van der Waals surface area contributed by atoms with Gasteiger partial charge in [0.25, 0.3) is 0 Å². The summed E-state index contributed by atoms with van der Waals surface area (Å²) < 4.78 is 5.49. The molecule has 0 saturated heterocycles. The Labute approximate surface area is 85.7 Å². The summed E-state index contributed by atoms with van der Waals surface area (Å²) in [5.74, 6) is 1.18. The van der Waals surface area contributed by atoms with Gasteiger partial charge in [-0.1, -0.05) is 20.8 Å². The van der Waals surface area contributed by atoms with Crippen LogP contribution in [0.2, 0.25) is 0 Å². The second-order valence-electron chi connectivity index (χ2n) is 4.78. The van der Waals surface area contributed by atoms with Crippen LogP contribution < -0.4 is 5.32 Å². The zero-order valence-corrected chi connectivity index (χ0v) is 9.26. The van der Waals surface area contributed by atoms with Crippen molar-refractivity contribution in [3.63, 3.8) is 0 Å². The van der Waals surface area contributed by atoms with Gasteiger partial charge in [-0.25, -0.2) is 0 Å². The molecular formula is C12H19NO. The van der Waals surface area contributed by atoms with E-state index in [4.69, 9.17) is 4.42 Å². The van der Waals surface area contributed by atoms with Crippen molar-refractivity contribution in [2.24, 2.45) is 5.41 Å². The van der Waals surface area contributed by atoms with Gasteiger partial charge in [0.05, 0.1) is 6.26 Å². The predicted octanol–water partition coefficient (Wildman–Crippen LogP) is 2.90. The number of fused-ring (bicyclic) bond motifs is 1. The van der Waals surface area contributed by atoms with Crippen molar-refractivity contribution in [2.75, 3.05) is 6.54 Å². The first-order chi connectivity index (χ1) is 6.65. The van der Waals surface area contributed by atoms with E-state index >= 15 is 0 Å². The average Bonchev–Trinajstić information content (AvgIpc) is 2.64. The summed E-state index contributed by atoms with van der Waals surface area (Å²) in [7, 11) is 0. The first-order valence-corrected chi connectivity index (χ1v) is 5.45. The molecule has 2 nitrogen and oxygen atoms in total. The Bertz CT molecular complexity index is 314. The fraction of sp³-hybridized carbons (Fsp3) is 0.667. The molecule has 1 N–H and O–H groups in total. The van der Waals surface area contributed by atoms with E-state index in [2.05, 4.69) is 32.2 Å². The molecular weight excluding hydrogens is 174 g/mol. The van der Waals surface area contributed by atoms with Gasteiger partial charge in [-0.05, 0) is 17.9 Å². The van der Waals surface area contributed by atoms with Crippen LogP contribution in [0.25, 0.3) is 0 Å². The number of nitrogens with one attached hydrogen (secondary N) is 1. The Morgan fingerprint density at radius 2 is 2.36 bits per heavy atom. The van der Waals surface area contributed by atoms with Gasteiger partial charge >= 0.3 is 0 Å². The van der Waals surface area contributed by atoms with Crippen LogP contribution in [0.1, 0.15) is 44.6 Å². The van der Waals surface area contributed by atoms with Gasteiger partial charge in [-0.2, -0.15) is 0 Å². The second kappa shape index (κ2) is 3.43. The van der Waals surface area contributed by atoms with E-state index in [9.17, 15) is 0 Å². The van der Waals surface area contributed by atoms with Crippen LogP contribution in [-0.2, 0) is 6.42 Å². The Morgan fingerprint density at radius 1 is 1.57 bits per heavy atom. The van der Waals surface area contributed by atoms with Gasteiger partial charge in [0, 0.05) is 24.6 Å². The van der Waals surface area contributed by atoms with Gasteiger partial charge in [0.2, 0.25) is 0 Å². The van der Waals surface area contributed by atoms with Gasteiger partial charge in [0.1, 0.15) is 5.76 Å². The lowest BCUT2D eigenvalue weighted by molar-refractivity contribution is 0.221. The third kappa shape index (κ3) is 1.48. The van der Waals surface area contributed by atoms with Crippen LogP contribution in [-0.4, -0.2) is 6.54 Å². The van der Waals surface area contributed by atoms with Crippen molar-refractivity contribution in [2.45, 2.75) is 39.7 Å². The number of rotatable bonds is 2. The van der Waals surface area contributed by atoms with E-state index in [1.165, 1.54) is 17.7 Å². The summed E-state index contributed by atoms with van der Waals surface area (Å²) in [5, 5.41) is 3.59. The monoisotopic (exact) mass is 193 g/mol. The van der Waals surface area contributed by atoms with Crippen LogP contribution in [0.3, 0.4) is 0 Å². The first kappa shape index (κ1) is 9.78. The van der Waals surface area contributed by atoms with Crippen molar-refractivity contribution < 1.29 is 4.42 Å². The van der Waals surface area contributed by atoms with Crippen molar-refractivity contribution in [3.05, 3.63) is 23.7 Å². The van der Waals surface area contributed by atoms with E-state index in [1.54, 1.807) is 0 Å². The van der Waals surface area contributed by atoms with Crippen molar-refractivity contribution >= 4 is 0 Å². The summed E-state index contributed by atoms with van der Waals surface area (Å²) in [6.45, 7) is 7.91. The molecule has 0 amide bonds. The summed E-state index contributed by atoms with van der Waals surface area (Å²) in [6.07, 6.45) is 4.02. The van der Waals surface area contributed by atoms with Crippen LogP contribution in [0.5, 0.6) is 0 Å². The number of furan rings is 1. The van der Waals surface area contributed by atoms with Crippen LogP contribution in [0.4, 0.5) is 0 Å². The minimum absolute atomic E-state index is 0.305. The molecule has 0 radical (unpaired) electrons. The van der Waals surface area contributed by atoms with Crippen molar-refractivity contribution in [3.8, 4) is 0 Å². The molecule has 2 rings (SSSR count). The molecule has 1 aromatic rings. The number of hydrogen-bond acceptors (Lipinski definition) is 2. The maximum atomic E-state index is 5.49. The van der Waals surface area contributed by atoms with Gasteiger partial charge < -0.3 is 9.73 Å². The molecule has 0 saturated carbocycles. The fourth-order valence-corrected chi connectivity index (χ4v) is 2.15. The first-order valence-electron chi connectivity index (χ1n) is 5.45. The number of hydrogen-bond donors (Lipinski definition) is 1. The van der Waals surface area contributed by atoms with Crippen molar-refractivity contribution in [1.82, 2.24) is 5.32 Å². The highest BCUT2D eigenvalue weighted by molar-refractivity contribution is 5.26. The zero-order chi connectivity index (χ0) is 10.2. The lowest BCUT2D eigenvalue weighted by atomic mass is 9.77. The van der Waals surface area contributed by atoms with E-state index in [0.717, 1.165) is 13.0 Å². The summed E-state index contributed by atoms with van der Waals surface area (Å²) in [5.41, 5.74) is 1.67. The largest absolute Gasteiger partial charge is 0.469 e. The summed E-state index contributed by atoms with van der Waals surface area (Å²) in [6, 6.07) is 2.57. The third-order valence-corrected chi connectivity index (χ3v) is 3.48. The van der Waals surface area contributed by atoms with Gasteiger partial charge in [-0.3, -0.25) is 0 Å². The highest BCUT2D eigenvalue weighted by Gasteiger charge is 2.33. The Morgan fingerprint density at radius 3 is 3.07 bits per heavy atom.